The summed E-state index contributed by atoms with van der Waals surface area (Å²) in [7, 11) is 0. The maximum absolute atomic E-state index is 13.1. The fraction of sp³-hybridized carbons (Fsp3) is 0.423. The Bertz CT molecular complexity index is 1240. The summed E-state index contributed by atoms with van der Waals surface area (Å²) in [5.41, 5.74) is 2.14. The van der Waals surface area contributed by atoms with Crippen molar-refractivity contribution in [3.05, 3.63) is 57.1 Å². The first kappa shape index (κ1) is 27.6. The highest BCUT2D eigenvalue weighted by Crippen LogP contribution is 2.31. The van der Waals surface area contributed by atoms with Crippen molar-refractivity contribution in [1.82, 2.24) is 10.2 Å². The number of piperazine rings is 1. The molecule has 38 heavy (non-hydrogen) atoms. The normalized spacial score (nSPS) is 15.5. The lowest BCUT2D eigenvalue weighted by molar-refractivity contribution is -0.384. The van der Waals surface area contributed by atoms with Crippen LogP contribution in [-0.4, -0.2) is 66.0 Å². The predicted octanol–water partition coefficient (Wildman–Crippen LogP) is 4.28. The van der Waals surface area contributed by atoms with E-state index in [2.05, 4.69) is 15.5 Å². The van der Waals surface area contributed by atoms with E-state index in [0.29, 0.717) is 42.6 Å². The number of rotatable bonds is 6. The molecule has 0 bridgehead atoms. The van der Waals surface area contributed by atoms with Gasteiger partial charge >= 0.3 is 0 Å². The van der Waals surface area contributed by atoms with E-state index in [1.807, 2.05) is 35.8 Å². The van der Waals surface area contributed by atoms with Crippen LogP contribution in [0.3, 0.4) is 0 Å². The molecule has 0 aromatic heterocycles. The van der Waals surface area contributed by atoms with Gasteiger partial charge in [0.25, 0.3) is 11.6 Å². The molecule has 2 aliphatic rings. The average molecular weight is 559 g/mol. The van der Waals surface area contributed by atoms with Gasteiger partial charge in [0.1, 0.15) is 0 Å². The van der Waals surface area contributed by atoms with E-state index >= 15 is 0 Å². The summed E-state index contributed by atoms with van der Waals surface area (Å²) >= 11 is 11.9. The van der Waals surface area contributed by atoms with Gasteiger partial charge in [-0.2, -0.15) is 0 Å². The summed E-state index contributed by atoms with van der Waals surface area (Å²) in [6, 6.07) is 9.73. The van der Waals surface area contributed by atoms with Gasteiger partial charge in [0.2, 0.25) is 5.91 Å². The molecule has 2 saturated heterocycles. The van der Waals surface area contributed by atoms with Crippen LogP contribution in [0, 0.1) is 16.0 Å². The maximum Gasteiger partial charge on any atom is 0.270 e. The number of carbonyl (C=O) groups excluding carboxylic acids is 2. The molecule has 0 spiro atoms. The second-order valence-electron chi connectivity index (χ2n) is 9.69. The third-order valence-corrected chi connectivity index (χ3v) is 7.25. The number of hydrogen-bond donors (Lipinski definition) is 2. The quantitative estimate of drug-likeness (QED) is 0.307. The van der Waals surface area contributed by atoms with Crippen LogP contribution in [0.1, 0.15) is 37.0 Å². The van der Waals surface area contributed by atoms with E-state index in [-0.39, 0.29) is 28.2 Å². The van der Waals surface area contributed by atoms with E-state index in [9.17, 15) is 19.7 Å². The summed E-state index contributed by atoms with van der Waals surface area (Å²) in [6.45, 7) is 8.02. The minimum Gasteiger partial charge on any atom is -0.371 e. The number of benzene rings is 2. The molecular weight excluding hydrogens is 528 g/mol. The Morgan fingerprint density at radius 1 is 0.974 bits per heavy atom. The van der Waals surface area contributed by atoms with Crippen LogP contribution >= 0.6 is 23.8 Å². The van der Waals surface area contributed by atoms with E-state index < -0.39 is 10.8 Å². The van der Waals surface area contributed by atoms with Crippen LogP contribution in [0.15, 0.2) is 36.4 Å². The Morgan fingerprint density at radius 3 is 2.21 bits per heavy atom. The highest BCUT2D eigenvalue weighted by atomic mass is 35.5. The number of hydrogen-bond acceptors (Lipinski definition) is 7. The number of thiocarbonyl (C=S) groups is 1. The van der Waals surface area contributed by atoms with Crippen molar-refractivity contribution >= 4 is 63.5 Å². The second-order valence-corrected chi connectivity index (χ2v) is 10.5. The molecular formula is C26H31ClN6O4S. The van der Waals surface area contributed by atoms with Gasteiger partial charge in [-0.15, -0.1) is 0 Å². The third kappa shape index (κ3) is 6.33. The number of amides is 2. The van der Waals surface area contributed by atoms with E-state index in [1.165, 1.54) is 12.1 Å². The van der Waals surface area contributed by atoms with Gasteiger partial charge in [0, 0.05) is 63.0 Å². The van der Waals surface area contributed by atoms with Gasteiger partial charge in [-0.05, 0) is 49.3 Å². The van der Waals surface area contributed by atoms with Crippen LogP contribution < -0.4 is 20.4 Å². The topological polar surface area (TPSA) is 111 Å². The van der Waals surface area contributed by atoms with Gasteiger partial charge in [-0.25, -0.2) is 0 Å². The number of halogens is 1. The summed E-state index contributed by atoms with van der Waals surface area (Å²) in [4.78, 5) is 42.2. The Balaban J connectivity index is 1.40. The zero-order chi connectivity index (χ0) is 27.4. The van der Waals surface area contributed by atoms with Crippen LogP contribution in [-0.2, 0) is 4.79 Å². The number of nitrogens with one attached hydrogen (secondary N) is 2. The Kier molecular flexibility index (Phi) is 8.68. The maximum atomic E-state index is 13.1. The molecule has 2 aromatic rings. The van der Waals surface area contributed by atoms with Crippen LogP contribution in [0.5, 0.6) is 0 Å². The molecule has 12 heteroatoms. The summed E-state index contributed by atoms with van der Waals surface area (Å²) in [5, 5.41) is 17.5. The van der Waals surface area contributed by atoms with Gasteiger partial charge in [-0.1, -0.05) is 25.4 Å². The number of nitro groups is 1. The molecule has 4 rings (SSSR count). The Morgan fingerprint density at radius 2 is 1.61 bits per heavy atom. The van der Waals surface area contributed by atoms with Crippen LogP contribution in [0.2, 0.25) is 5.02 Å². The Hall–Kier alpha value is -3.44. The SMILES string of the molecule is CC(C)C(=O)N1CCN(c2ccc(NC(=S)NC(=O)c3cc([N+](=O)[O-])ccc3N3CCCC3)cc2Cl)CC1. The standard InChI is InChI=1S/C26H31ClN6O4S/c1-17(2)25(35)32-13-11-31(12-14-32)23-7-5-18(15-21(23)27)28-26(38)29-24(34)20-16-19(33(36)37)6-8-22(20)30-9-3-4-10-30/h5-8,15-17H,3-4,9-14H2,1-2H3,(H2,28,29,34,38). The van der Waals surface area contributed by atoms with Crippen LogP contribution in [0.4, 0.5) is 22.7 Å². The highest BCUT2D eigenvalue weighted by molar-refractivity contribution is 7.80. The minimum atomic E-state index is -0.523. The lowest BCUT2D eigenvalue weighted by Crippen LogP contribution is -2.50. The first-order valence-corrected chi connectivity index (χ1v) is 13.4. The fourth-order valence-electron chi connectivity index (χ4n) is 4.76. The van der Waals surface area contributed by atoms with Crippen molar-refractivity contribution in [2.75, 3.05) is 54.4 Å². The number of anilines is 3. The van der Waals surface area contributed by atoms with Crippen molar-refractivity contribution in [1.29, 1.82) is 0 Å². The number of carbonyl (C=O) groups is 2. The first-order valence-electron chi connectivity index (χ1n) is 12.6. The van der Waals surface area contributed by atoms with Gasteiger partial charge in [0.05, 0.1) is 26.9 Å². The smallest absolute Gasteiger partial charge is 0.270 e. The zero-order valence-electron chi connectivity index (χ0n) is 21.4. The number of nitro benzene ring substituents is 1. The lowest BCUT2D eigenvalue weighted by Gasteiger charge is -2.37. The molecule has 10 nitrogen and oxygen atoms in total. The second kappa shape index (κ2) is 12.0. The average Bonchev–Trinajstić information content (AvgIpc) is 3.43. The third-order valence-electron chi connectivity index (χ3n) is 6.74. The molecule has 202 valence electrons. The summed E-state index contributed by atoms with van der Waals surface area (Å²) < 4.78 is 0. The van der Waals surface area contributed by atoms with Crippen molar-refractivity contribution < 1.29 is 14.5 Å². The van der Waals surface area contributed by atoms with E-state index in [0.717, 1.165) is 31.6 Å². The molecule has 2 aromatic carbocycles. The molecule has 2 aliphatic heterocycles. The van der Waals surface area contributed by atoms with E-state index in [1.54, 1.807) is 12.1 Å². The molecule has 2 fully saturated rings. The van der Waals surface area contributed by atoms with E-state index in [4.69, 9.17) is 23.8 Å². The highest BCUT2D eigenvalue weighted by Gasteiger charge is 2.25. The van der Waals surface area contributed by atoms with Crippen LogP contribution in [0.25, 0.3) is 0 Å². The molecule has 0 saturated carbocycles. The largest absolute Gasteiger partial charge is 0.371 e. The molecule has 2 N–H and O–H groups in total. The summed E-state index contributed by atoms with van der Waals surface area (Å²) in [6.07, 6.45) is 2.00. The molecule has 2 amide bonds. The predicted molar refractivity (Wildman–Crippen MR) is 153 cm³/mol. The molecule has 0 unspecified atom stereocenters. The van der Waals surface area contributed by atoms with Gasteiger partial charge in [-0.3, -0.25) is 25.0 Å². The monoisotopic (exact) mass is 558 g/mol. The lowest BCUT2D eigenvalue weighted by atomic mass is 10.1. The molecule has 0 radical (unpaired) electrons. The molecule has 2 heterocycles. The van der Waals surface area contributed by atoms with Crippen molar-refractivity contribution in [3.8, 4) is 0 Å². The zero-order valence-corrected chi connectivity index (χ0v) is 23.0. The minimum absolute atomic E-state index is 0.0244. The summed E-state index contributed by atoms with van der Waals surface area (Å²) in [5.74, 6) is -0.392. The van der Waals surface area contributed by atoms with Crippen molar-refractivity contribution in [2.24, 2.45) is 5.92 Å². The van der Waals surface area contributed by atoms with Gasteiger partial charge in [0.15, 0.2) is 5.11 Å². The fourth-order valence-corrected chi connectivity index (χ4v) is 5.27. The molecule has 0 atom stereocenters. The molecule has 0 aliphatic carbocycles. The van der Waals surface area contributed by atoms with Crippen molar-refractivity contribution in [2.45, 2.75) is 26.7 Å². The number of nitrogens with zero attached hydrogens (tertiary/aromatic N) is 4. The first-order chi connectivity index (χ1) is 18.1. The number of non-ortho nitro benzene ring substituents is 1. The van der Waals surface area contributed by atoms with Crippen molar-refractivity contribution in [3.63, 3.8) is 0 Å². The van der Waals surface area contributed by atoms with Gasteiger partial charge < -0.3 is 20.0 Å². The Labute approximate surface area is 232 Å².